The van der Waals surface area contributed by atoms with Crippen molar-refractivity contribution in [1.82, 2.24) is 20.2 Å². The van der Waals surface area contributed by atoms with Gasteiger partial charge in [-0.25, -0.2) is 9.97 Å². The van der Waals surface area contributed by atoms with Crippen LogP contribution in [0.25, 0.3) is 20.7 Å². The number of piperidine rings is 2. The molecule has 3 aliphatic rings. The molecule has 2 aromatic heterocycles. The Kier molecular flexibility index (Phi) is 3.76. The maximum Gasteiger partial charge on any atom is 0.237 e. The highest BCUT2D eigenvalue weighted by atomic mass is 32.1. The van der Waals surface area contributed by atoms with Crippen LogP contribution in [-0.2, 0) is 11.3 Å². The quantitative estimate of drug-likeness (QED) is 0.776. The molecule has 1 amide bonds. The van der Waals surface area contributed by atoms with Crippen molar-refractivity contribution in [2.75, 3.05) is 6.54 Å². The van der Waals surface area contributed by atoms with Crippen LogP contribution >= 0.6 is 11.3 Å². The van der Waals surface area contributed by atoms with E-state index in [2.05, 4.69) is 45.5 Å². The predicted octanol–water partition coefficient (Wildman–Crippen LogP) is 3.13. The van der Waals surface area contributed by atoms with E-state index in [1.165, 1.54) is 10.4 Å². The molecule has 0 spiro atoms. The van der Waals surface area contributed by atoms with Gasteiger partial charge in [0.15, 0.2) is 0 Å². The van der Waals surface area contributed by atoms with Gasteiger partial charge in [0, 0.05) is 29.4 Å². The number of benzene rings is 1. The van der Waals surface area contributed by atoms with Gasteiger partial charge in [0.05, 0.1) is 11.7 Å². The Morgan fingerprint density at radius 1 is 1.23 bits per heavy atom. The Morgan fingerprint density at radius 3 is 2.85 bits per heavy atom. The molecule has 3 aliphatic heterocycles. The molecule has 0 saturated carbocycles. The monoisotopic (exact) mass is 364 g/mol. The maximum atomic E-state index is 12.2. The van der Waals surface area contributed by atoms with Crippen LogP contribution in [0.3, 0.4) is 0 Å². The molecule has 3 saturated heterocycles. The Balaban J connectivity index is 1.53. The maximum absolute atomic E-state index is 12.2. The van der Waals surface area contributed by atoms with Crippen LogP contribution in [0.4, 0.5) is 0 Å². The highest BCUT2D eigenvalue weighted by molar-refractivity contribution is 7.21. The largest absolute Gasteiger partial charge is 0.351 e. The number of amides is 1. The summed E-state index contributed by atoms with van der Waals surface area (Å²) in [4.78, 5) is 26.1. The number of piperazine rings is 1. The van der Waals surface area contributed by atoms with Crippen molar-refractivity contribution < 1.29 is 4.79 Å². The van der Waals surface area contributed by atoms with Gasteiger partial charge in [-0.15, -0.1) is 11.3 Å². The molecule has 0 radical (unpaired) electrons. The molecule has 5 nitrogen and oxygen atoms in total. The smallest absolute Gasteiger partial charge is 0.237 e. The number of carbonyl (C=O) groups is 1. The normalized spacial score (nSPS) is 22.7. The van der Waals surface area contributed by atoms with Crippen LogP contribution in [0.15, 0.2) is 36.4 Å². The van der Waals surface area contributed by atoms with E-state index in [0.717, 1.165) is 41.1 Å². The SMILES string of the molecule is Cc1nc(CN2CC3CCC2C(=O)N3)c2cc(-c3ccccc3)sc2n1. The Hall–Kier alpha value is -2.31. The van der Waals surface area contributed by atoms with E-state index in [0.29, 0.717) is 6.54 Å². The first-order chi connectivity index (χ1) is 12.7. The summed E-state index contributed by atoms with van der Waals surface area (Å²) < 4.78 is 0. The fraction of sp³-hybridized carbons (Fsp3) is 0.350. The van der Waals surface area contributed by atoms with E-state index >= 15 is 0 Å². The summed E-state index contributed by atoms with van der Waals surface area (Å²) in [5, 5.41) is 4.21. The second kappa shape index (κ2) is 6.14. The van der Waals surface area contributed by atoms with Crippen LogP contribution in [0, 0.1) is 6.92 Å². The number of nitrogens with zero attached hydrogens (tertiary/aromatic N) is 3. The summed E-state index contributed by atoms with van der Waals surface area (Å²) in [6.45, 7) is 3.57. The third-order valence-corrected chi connectivity index (χ3v) is 6.41. The third kappa shape index (κ3) is 2.70. The van der Waals surface area contributed by atoms with E-state index in [4.69, 9.17) is 4.98 Å². The molecule has 3 fully saturated rings. The van der Waals surface area contributed by atoms with E-state index in [1.807, 2.05) is 13.0 Å². The zero-order valence-corrected chi connectivity index (χ0v) is 15.4. The summed E-state index contributed by atoms with van der Waals surface area (Å²) in [5.41, 5.74) is 2.24. The summed E-state index contributed by atoms with van der Waals surface area (Å²) in [6, 6.07) is 12.9. The first kappa shape index (κ1) is 15.9. The lowest BCUT2D eigenvalue weighted by molar-refractivity contribution is -0.134. The van der Waals surface area contributed by atoms with Crippen molar-refractivity contribution in [3.8, 4) is 10.4 Å². The molecular weight excluding hydrogens is 344 g/mol. The fourth-order valence-corrected chi connectivity index (χ4v) is 5.19. The van der Waals surface area contributed by atoms with Gasteiger partial charge in [0.2, 0.25) is 5.91 Å². The number of aromatic nitrogens is 2. The van der Waals surface area contributed by atoms with Crippen LogP contribution in [0.1, 0.15) is 24.4 Å². The van der Waals surface area contributed by atoms with E-state index < -0.39 is 0 Å². The van der Waals surface area contributed by atoms with E-state index in [1.54, 1.807) is 11.3 Å². The zero-order valence-electron chi connectivity index (χ0n) is 14.6. The second-order valence-corrected chi connectivity index (χ2v) is 8.17. The van der Waals surface area contributed by atoms with Gasteiger partial charge in [-0.3, -0.25) is 9.69 Å². The van der Waals surface area contributed by atoms with Gasteiger partial charge in [-0.1, -0.05) is 30.3 Å². The minimum atomic E-state index is -0.0162. The molecule has 0 aliphatic carbocycles. The highest BCUT2D eigenvalue weighted by Gasteiger charge is 2.39. The average Bonchev–Trinajstić information content (AvgIpc) is 3.07. The second-order valence-electron chi connectivity index (χ2n) is 7.14. The number of rotatable bonds is 3. The lowest BCUT2D eigenvalue weighted by atomic mass is 9.92. The molecule has 132 valence electrons. The van der Waals surface area contributed by atoms with Gasteiger partial charge < -0.3 is 5.32 Å². The van der Waals surface area contributed by atoms with Crippen molar-refractivity contribution in [1.29, 1.82) is 0 Å². The van der Waals surface area contributed by atoms with Gasteiger partial charge in [0.25, 0.3) is 0 Å². The number of nitrogens with one attached hydrogen (secondary N) is 1. The number of thiophene rings is 1. The van der Waals surface area contributed by atoms with E-state index in [9.17, 15) is 4.79 Å². The fourth-order valence-electron chi connectivity index (χ4n) is 4.09. The van der Waals surface area contributed by atoms with Crippen molar-refractivity contribution in [2.24, 2.45) is 0 Å². The standard InChI is InChI=1S/C20H20N4OS/c1-12-21-16(11-24-10-14-7-8-17(24)19(25)23-14)15-9-18(26-20(15)22-12)13-5-3-2-4-6-13/h2-6,9,14,17H,7-8,10-11H2,1H3,(H,23,25). The Morgan fingerprint density at radius 2 is 2.08 bits per heavy atom. The lowest BCUT2D eigenvalue weighted by Crippen LogP contribution is -2.63. The lowest BCUT2D eigenvalue weighted by Gasteiger charge is -2.44. The summed E-state index contributed by atoms with van der Waals surface area (Å²) >= 11 is 1.71. The topological polar surface area (TPSA) is 58.1 Å². The number of carbonyl (C=O) groups excluding carboxylic acids is 1. The number of hydrogen-bond acceptors (Lipinski definition) is 5. The molecule has 2 bridgehead atoms. The van der Waals surface area contributed by atoms with E-state index in [-0.39, 0.29) is 18.0 Å². The number of aryl methyl sites for hydroxylation is 1. The molecular formula is C20H20N4OS. The molecule has 2 atom stereocenters. The Labute approximate surface area is 156 Å². The van der Waals surface area contributed by atoms with Crippen molar-refractivity contribution >= 4 is 27.5 Å². The summed E-state index contributed by atoms with van der Waals surface area (Å²) in [5.74, 6) is 0.963. The third-order valence-electron chi connectivity index (χ3n) is 5.33. The molecule has 1 N–H and O–H groups in total. The van der Waals surface area contributed by atoms with Crippen LogP contribution in [0.2, 0.25) is 0 Å². The zero-order chi connectivity index (χ0) is 17.7. The minimum Gasteiger partial charge on any atom is -0.351 e. The van der Waals surface area contributed by atoms with Crippen molar-refractivity contribution in [3.63, 3.8) is 0 Å². The molecule has 1 aromatic carbocycles. The predicted molar refractivity (Wildman–Crippen MR) is 103 cm³/mol. The van der Waals surface area contributed by atoms with Crippen LogP contribution in [0.5, 0.6) is 0 Å². The van der Waals surface area contributed by atoms with Crippen molar-refractivity contribution in [3.05, 3.63) is 47.9 Å². The van der Waals surface area contributed by atoms with Gasteiger partial charge in [-0.05, 0) is 31.4 Å². The molecule has 6 heteroatoms. The first-order valence-corrected chi connectivity index (χ1v) is 9.86. The summed E-state index contributed by atoms with van der Waals surface area (Å²) in [7, 11) is 0. The summed E-state index contributed by atoms with van der Waals surface area (Å²) in [6.07, 6.45) is 2.03. The molecule has 2 unspecified atom stereocenters. The van der Waals surface area contributed by atoms with Crippen LogP contribution < -0.4 is 5.32 Å². The van der Waals surface area contributed by atoms with Gasteiger partial charge in [-0.2, -0.15) is 0 Å². The average molecular weight is 364 g/mol. The molecule has 5 heterocycles. The number of hydrogen-bond donors (Lipinski definition) is 1. The highest BCUT2D eigenvalue weighted by Crippen LogP contribution is 2.35. The van der Waals surface area contributed by atoms with Crippen LogP contribution in [-0.4, -0.2) is 39.4 Å². The Bertz CT molecular complexity index is 984. The number of fused-ring (bicyclic) bond motifs is 4. The van der Waals surface area contributed by atoms with Gasteiger partial charge in [0.1, 0.15) is 10.7 Å². The molecule has 3 aromatic rings. The van der Waals surface area contributed by atoms with Gasteiger partial charge >= 0.3 is 0 Å². The minimum absolute atomic E-state index is 0.0162. The molecule has 6 rings (SSSR count). The van der Waals surface area contributed by atoms with Crippen molar-refractivity contribution in [2.45, 2.75) is 38.4 Å². The molecule has 26 heavy (non-hydrogen) atoms. The first-order valence-electron chi connectivity index (χ1n) is 9.04.